The maximum absolute atomic E-state index is 12.0. The first-order valence-corrected chi connectivity index (χ1v) is 4.75. The summed E-state index contributed by atoms with van der Waals surface area (Å²) in [4.78, 5) is 10.7. The zero-order chi connectivity index (χ0) is 14.6. The van der Waals surface area contributed by atoms with Crippen LogP contribution in [0.25, 0.3) is 5.76 Å². The second-order valence-electron chi connectivity index (χ2n) is 3.41. The predicted octanol–water partition coefficient (Wildman–Crippen LogP) is 2.46. The van der Waals surface area contributed by atoms with Crippen LogP contribution in [0.4, 0.5) is 13.2 Å². The van der Waals surface area contributed by atoms with Crippen LogP contribution in [0.1, 0.15) is 16.7 Å². The lowest BCUT2D eigenvalue weighted by Crippen LogP contribution is -2.20. The highest BCUT2D eigenvalue weighted by atomic mass is 19.4. The summed E-state index contributed by atoms with van der Waals surface area (Å²) in [5.74, 6) is -3.19. The molecule has 0 unspecified atom stereocenters. The van der Waals surface area contributed by atoms with Crippen molar-refractivity contribution in [2.75, 3.05) is 0 Å². The van der Waals surface area contributed by atoms with Gasteiger partial charge in [0.1, 0.15) is 5.76 Å². The van der Waals surface area contributed by atoms with Gasteiger partial charge in [-0.2, -0.15) is 23.7 Å². The summed E-state index contributed by atoms with van der Waals surface area (Å²) in [5.41, 5.74) is -0.255. The van der Waals surface area contributed by atoms with Crippen molar-refractivity contribution in [2.45, 2.75) is 6.18 Å². The number of carbonyl (C=O) groups is 1. The average molecular weight is 266 g/mol. The summed E-state index contributed by atoms with van der Waals surface area (Å²) in [7, 11) is 0. The van der Waals surface area contributed by atoms with Crippen molar-refractivity contribution in [1.82, 2.24) is 0 Å². The molecule has 1 rings (SSSR count). The van der Waals surface area contributed by atoms with Crippen molar-refractivity contribution in [3.8, 4) is 12.1 Å². The third-order valence-electron chi connectivity index (χ3n) is 2.03. The van der Waals surface area contributed by atoms with Gasteiger partial charge >= 0.3 is 6.18 Å². The number of alkyl halides is 3. The third kappa shape index (κ3) is 3.58. The Morgan fingerprint density at radius 3 is 2.00 bits per heavy atom. The molecule has 0 heterocycles. The van der Waals surface area contributed by atoms with Gasteiger partial charge in [0, 0.05) is 11.6 Å². The number of halogens is 3. The van der Waals surface area contributed by atoms with Gasteiger partial charge in [0.15, 0.2) is 0 Å². The minimum atomic E-state index is -5.10. The number of nitriles is 2. The molecule has 1 aromatic rings. The second kappa shape index (κ2) is 5.23. The highest BCUT2D eigenvalue weighted by Gasteiger charge is 2.37. The fraction of sp³-hybridized carbons (Fsp3) is 0.0833. The van der Waals surface area contributed by atoms with Gasteiger partial charge in [-0.25, -0.2) is 0 Å². The van der Waals surface area contributed by atoms with E-state index in [9.17, 15) is 23.1 Å². The molecule has 96 valence electrons. The van der Waals surface area contributed by atoms with Crippen molar-refractivity contribution in [3.05, 3.63) is 41.0 Å². The summed E-state index contributed by atoms with van der Waals surface area (Å²) in [5, 5.41) is 26.8. The number of nitrogens with zero attached hydrogens (tertiary/aromatic N) is 2. The molecule has 0 saturated carbocycles. The first-order valence-electron chi connectivity index (χ1n) is 4.75. The van der Waals surface area contributed by atoms with E-state index in [1.807, 2.05) is 0 Å². The van der Waals surface area contributed by atoms with Gasteiger partial charge in [-0.3, -0.25) is 4.79 Å². The lowest BCUT2D eigenvalue weighted by molar-refractivity contribution is -0.165. The number of rotatable bonds is 2. The molecule has 1 N–H and O–H groups in total. The molecule has 0 fully saturated rings. The lowest BCUT2D eigenvalue weighted by Gasteiger charge is -2.04. The number of allylic oxidation sites excluding steroid dienone is 1. The predicted molar refractivity (Wildman–Crippen MR) is 57.5 cm³/mol. The van der Waals surface area contributed by atoms with Gasteiger partial charge in [-0.1, -0.05) is 0 Å². The summed E-state index contributed by atoms with van der Waals surface area (Å²) in [6, 6.07) is 6.70. The van der Waals surface area contributed by atoms with Crippen LogP contribution in [0.3, 0.4) is 0 Å². The number of aliphatic hydroxyl groups is 1. The molecule has 0 radical (unpaired) electrons. The first kappa shape index (κ1) is 14.3. The van der Waals surface area contributed by atoms with Crippen molar-refractivity contribution in [2.24, 2.45) is 0 Å². The van der Waals surface area contributed by atoms with Crippen LogP contribution < -0.4 is 0 Å². The first-order chi connectivity index (χ1) is 8.77. The van der Waals surface area contributed by atoms with Crippen LogP contribution in [-0.4, -0.2) is 17.1 Å². The summed E-state index contributed by atoms with van der Waals surface area (Å²) in [6.45, 7) is 0. The van der Waals surface area contributed by atoms with Crippen LogP contribution in [0.15, 0.2) is 24.3 Å². The minimum Gasteiger partial charge on any atom is -0.507 e. The zero-order valence-electron chi connectivity index (χ0n) is 9.19. The van der Waals surface area contributed by atoms with Gasteiger partial charge in [-0.15, -0.1) is 0 Å². The summed E-state index contributed by atoms with van der Waals surface area (Å²) in [6.07, 6.45) is -5.10. The fourth-order valence-corrected chi connectivity index (χ4v) is 1.19. The molecule has 1 aromatic carbocycles. The largest absolute Gasteiger partial charge is 0.507 e. The molecule has 0 aliphatic heterocycles. The molecule has 0 bridgehead atoms. The van der Waals surface area contributed by atoms with E-state index in [1.54, 1.807) is 12.1 Å². The quantitative estimate of drug-likeness (QED) is 0.658. The molecular weight excluding hydrogens is 261 g/mol. The van der Waals surface area contributed by atoms with Gasteiger partial charge in [0.25, 0.3) is 5.78 Å². The van der Waals surface area contributed by atoms with E-state index in [0.29, 0.717) is 0 Å². The summed E-state index contributed by atoms with van der Waals surface area (Å²) < 4.78 is 36.0. The molecule has 0 atom stereocenters. The smallest absolute Gasteiger partial charge is 0.454 e. The number of carbonyl (C=O) groups excluding carboxylic acids is 1. The molecule has 7 heteroatoms. The Bertz CT molecular complexity index is 602. The SMILES string of the molecule is N#Cc1cc(C#N)cc(/C(O)=C/C(=O)C(F)(F)F)c1. The molecule has 0 aliphatic carbocycles. The standard InChI is InChI=1S/C12H5F3N2O2/c13-12(14,15)11(19)4-10(18)9-2-7(5-16)1-8(3-9)6-17/h1-4,18H/b10-4-. The van der Waals surface area contributed by atoms with Crippen LogP contribution in [0.5, 0.6) is 0 Å². The van der Waals surface area contributed by atoms with Crippen LogP contribution in [0, 0.1) is 22.7 Å². The maximum Gasteiger partial charge on any atom is 0.454 e. The number of hydrogen-bond donors (Lipinski definition) is 1. The number of aliphatic hydroxyl groups excluding tert-OH is 1. The Labute approximate surface area is 105 Å². The maximum atomic E-state index is 12.0. The van der Waals surface area contributed by atoms with Gasteiger partial charge in [0.05, 0.1) is 23.3 Å². The Balaban J connectivity index is 3.25. The fourth-order valence-electron chi connectivity index (χ4n) is 1.19. The second-order valence-corrected chi connectivity index (χ2v) is 3.41. The van der Waals surface area contributed by atoms with E-state index in [4.69, 9.17) is 10.5 Å². The monoisotopic (exact) mass is 266 g/mol. The van der Waals surface area contributed by atoms with Crippen molar-refractivity contribution >= 4 is 11.5 Å². The van der Waals surface area contributed by atoms with Gasteiger partial charge in [-0.05, 0) is 18.2 Å². The van der Waals surface area contributed by atoms with E-state index in [1.165, 1.54) is 6.07 Å². The normalized spacial score (nSPS) is 11.5. The summed E-state index contributed by atoms with van der Waals surface area (Å²) >= 11 is 0. The van der Waals surface area contributed by atoms with Crippen LogP contribution >= 0.6 is 0 Å². The molecule has 19 heavy (non-hydrogen) atoms. The van der Waals surface area contributed by atoms with E-state index >= 15 is 0 Å². The number of benzene rings is 1. The molecule has 0 aromatic heterocycles. The van der Waals surface area contributed by atoms with Gasteiger partial charge < -0.3 is 5.11 Å². The molecule has 4 nitrogen and oxygen atoms in total. The van der Waals surface area contributed by atoms with Crippen molar-refractivity contribution in [3.63, 3.8) is 0 Å². The van der Waals surface area contributed by atoms with Gasteiger partial charge in [0.2, 0.25) is 0 Å². The Kier molecular flexibility index (Phi) is 3.93. The third-order valence-corrected chi connectivity index (χ3v) is 2.03. The number of hydrogen-bond acceptors (Lipinski definition) is 4. The van der Waals surface area contributed by atoms with E-state index in [2.05, 4.69) is 0 Å². The highest BCUT2D eigenvalue weighted by molar-refractivity contribution is 5.99. The highest BCUT2D eigenvalue weighted by Crippen LogP contribution is 2.21. The average Bonchev–Trinajstić information content (AvgIpc) is 2.36. The Morgan fingerprint density at radius 1 is 1.16 bits per heavy atom. The Morgan fingerprint density at radius 2 is 1.63 bits per heavy atom. The molecular formula is C12H5F3N2O2. The molecule has 0 aliphatic rings. The van der Waals surface area contributed by atoms with E-state index in [-0.39, 0.29) is 22.8 Å². The van der Waals surface area contributed by atoms with Crippen molar-refractivity contribution in [1.29, 1.82) is 10.5 Å². The van der Waals surface area contributed by atoms with Crippen LogP contribution in [-0.2, 0) is 4.79 Å². The van der Waals surface area contributed by atoms with E-state index in [0.717, 1.165) is 12.1 Å². The molecule has 0 saturated heterocycles. The minimum absolute atomic E-state index is 0.00234. The zero-order valence-corrected chi connectivity index (χ0v) is 9.19. The topological polar surface area (TPSA) is 84.9 Å². The van der Waals surface area contributed by atoms with E-state index < -0.39 is 17.7 Å². The molecule has 0 amide bonds. The molecule has 0 spiro atoms. The lowest BCUT2D eigenvalue weighted by atomic mass is 10.0. The number of ketones is 1. The van der Waals surface area contributed by atoms with Crippen LogP contribution in [0.2, 0.25) is 0 Å². The van der Waals surface area contributed by atoms with Crippen molar-refractivity contribution < 1.29 is 23.1 Å². The Hall–Kier alpha value is -2.80.